The van der Waals surface area contributed by atoms with E-state index in [-0.39, 0.29) is 23.4 Å². The molecular formula is C16H24O3. The molecule has 4 saturated carbocycles. The maximum atomic E-state index is 12.4. The van der Waals surface area contributed by atoms with E-state index in [9.17, 15) is 9.59 Å². The summed E-state index contributed by atoms with van der Waals surface area (Å²) in [4.78, 5) is 24.5. The highest BCUT2D eigenvalue weighted by atomic mass is 16.6. The first-order chi connectivity index (χ1) is 8.85. The molecule has 0 aromatic rings. The third kappa shape index (κ3) is 2.02. The van der Waals surface area contributed by atoms with Crippen LogP contribution in [0, 0.1) is 23.2 Å². The molecule has 4 aliphatic carbocycles. The van der Waals surface area contributed by atoms with Gasteiger partial charge in [-0.1, -0.05) is 6.92 Å². The molecule has 106 valence electrons. The van der Waals surface area contributed by atoms with E-state index in [4.69, 9.17) is 4.74 Å². The molecule has 4 bridgehead atoms. The van der Waals surface area contributed by atoms with Crippen molar-refractivity contribution in [2.45, 2.75) is 64.9 Å². The molecule has 2 unspecified atom stereocenters. The minimum Gasteiger partial charge on any atom is -0.459 e. The van der Waals surface area contributed by atoms with Gasteiger partial charge >= 0.3 is 5.97 Å². The van der Waals surface area contributed by atoms with E-state index >= 15 is 0 Å². The second-order valence-electron chi connectivity index (χ2n) is 7.56. The van der Waals surface area contributed by atoms with Gasteiger partial charge in [-0.15, -0.1) is 0 Å². The minimum absolute atomic E-state index is 0.0793. The molecule has 0 heterocycles. The van der Waals surface area contributed by atoms with Crippen molar-refractivity contribution < 1.29 is 14.3 Å². The van der Waals surface area contributed by atoms with Gasteiger partial charge in [0.05, 0.1) is 5.41 Å². The Bertz CT molecular complexity index is 406. The number of rotatable bonds is 3. The summed E-state index contributed by atoms with van der Waals surface area (Å²) in [5, 5.41) is 0. The van der Waals surface area contributed by atoms with Gasteiger partial charge in [0.15, 0.2) is 0 Å². The number of carbonyl (C=O) groups is 2. The zero-order valence-corrected chi connectivity index (χ0v) is 12.2. The average Bonchev–Trinajstić information content (AvgIpc) is 2.34. The Kier molecular flexibility index (Phi) is 2.81. The summed E-state index contributed by atoms with van der Waals surface area (Å²) in [5.74, 6) is 1.31. The summed E-state index contributed by atoms with van der Waals surface area (Å²) in [7, 11) is 0. The average molecular weight is 264 g/mol. The van der Waals surface area contributed by atoms with Gasteiger partial charge in [0.1, 0.15) is 11.4 Å². The highest BCUT2D eigenvalue weighted by Crippen LogP contribution is 2.56. The fraction of sp³-hybridized carbons (Fsp3) is 0.875. The second-order valence-corrected chi connectivity index (χ2v) is 7.56. The first kappa shape index (κ1) is 13.1. The quantitative estimate of drug-likeness (QED) is 0.736. The van der Waals surface area contributed by atoms with Gasteiger partial charge in [-0.05, 0) is 58.3 Å². The number of carbonyl (C=O) groups excluding carboxylic acids is 2. The number of esters is 1. The van der Waals surface area contributed by atoms with Crippen molar-refractivity contribution in [1.82, 2.24) is 0 Å². The van der Waals surface area contributed by atoms with Crippen molar-refractivity contribution in [3.05, 3.63) is 0 Å². The predicted molar refractivity (Wildman–Crippen MR) is 71.5 cm³/mol. The van der Waals surface area contributed by atoms with E-state index < -0.39 is 5.41 Å². The van der Waals surface area contributed by atoms with E-state index in [0.29, 0.717) is 11.7 Å². The molecule has 4 aliphatic rings. The van der Waals surface area contributed by atoms with Crippen molar-refractivity contribution >= 4 is 11.8 Å². The van der Waals surface area contributed by atoms with Crippen molar-refractivity contribution in [2.24, 2.45) is 23.2 Å². The molecule has 0 N–H and O–H groups in total. The SMILES string of the molecule is CCC(C)(C)C(=O)OC12CC3CC(C1)C(=O)C(C3)C2. The van der Waals surface area contributed by atoms with E-state index in [1.165, 1.54) is 0 Å². The summed E-state index contributed by atoms with van der Waals surface area (Å²) in [6.07, 6.45) is 5.41. The first-order valence-corrected chi connectivity index (χ1v) is 7.62. The first-order valence-electron chi connectivity index (χ1n) is 7.62. The van der Waals surface area contributed by atoms with Crippen LogP contribution in [0.4, 0.5) is 0 Å². The Hall–Kier alpha value is -0.860. The van der Waals surface area contributed by atoms with Gasteiger partial charge in [-0.3, -0.25) is 9.59 Å². The molecule has 4 fully saturated rings. The lowest BCUT2D eigenvalue weighted by molar-refractivity contribution is -0.197. The van der Waals surface area contributed by atoms with Crippen LogP contribution < -0.4 is 0 Å². The number of ketones is 1. The molecule has 0 aliphatic heterocycles. The molecule has 0 spiro atoms. The van der Waals surface area contributed by atoms with Crippen LogP contribution in [0.15, 0.2) is 0 Å². The predicted octanol–water partition coefficient (Wildman–Crippen LogP) is 3.11. The summed E-state index contributed by atoms with van der Waals surface area (Å²) in [6, 6.07) is 0. The highest BCUT2D eigenvalue weighted by molar-refractivity contribution is 5.86. The maximum absolute atomic E-state index is 12.4. The molecule has 0 aromatic carbocycles. The molecule has 2 atom stereocenters. The zero-order valence-electron chi connectivity index (χ0n) is 12.2. The Morgan fingerprint density at radius 2 is 1.84 bits per heavy atom. The molecule has 0 saturated heterocycles. The highest BCUT2D eigenvalue weighted by Gasteiger charge is 2.57. The van der Waals surface area contributed by atoms with Gasteiger partial charge in [0.25, 0.3) is 0 Å². The van der Waals surface area contributed by atoms with Crippen molar-refractivity contribution in [3.63, 3.8) is 0 Å². The van der Waals surface area contributed by atoms with Gasteiger partial charge < -0.3 is 4.74 Å². The summed E-state index contributed by atoms with van der Waals surface area (Å²) in [5.41, 5.74) is -0.721. The molecule has 3 nitrogen and oxygen atoms in total. The van der Waals surface area contributed by atoms with Crippen LogP contribution in [0.1, 0.15) is 59.3 Å². The number of Topliss-reactive ketones (excluding diaryl/α,β-unsaturated/α-hetero) is 1. The largest absolute Gasteiger partial charge is 0.459 e. The van der Waals surface area contributed by atoms with E-state index in [2.05, 4.69) is 0 Å². The molecule has 4 rings (SSSR count). The molecule has 0 aromatic heterocycles. The van der Waals surface area contributed by atoms with Crippen molar-refractivity contribution in [1.29, 1.82) is 0 Å². The topological polar surface area (TPSA) is 43.4 Å². The van der Waals surface area contributed by atoms with Crippen LogP contribution in [0.2, 0.25) is 0 Å². The zero-order chi connectivity index (χ0) is 13.8. The van der Waals surface area contributed by atoms with Crippen LogP contribution in [0.25, 0.3) is 0 Å². The molecular weight excluding hydrogens is 240 g/mol. The van der Waals surface area contributed by atoms with E-state index in [0.717, 1.165) is 38.5 Å². The smallest absolute Gasteiger partial charge is 0.312 e. The van der Waals surface area contributed by atoms with Crippen LogP contribution in [-0.2, 0) is 14.3 Å². The lowest BCUT2D eigenvalue weighted by atomic mass is 9.53. The lowest BCUT2D eigenvalue weighted by Crippen LogP contribution is -2.57. The minimum atomic E-state index is -0.409. The Balaban J connectivity index is 1.78. The van der Waals surface area contributed by atoms with E-state index in [1.54, 1.807) is 0 Å². The monoisotopic (exact) mass is 264 g/mol. The van der Waals surface area contributed by atoms with Crippen LogP contribution in [-0.4, -0.2) is 17.4 Å². The van der Waals surface area contributed by atoms with Crippen LogP contribution >= 0.6 is 0 Å². The second kappa shape index (κ2) is 4.07. The Morgan fingerprint density at radius 3 is 2.37 bits per heavy atom. The van der Waals surface area contributed by atoms with Crippen LogP contribution in [0.5, 0.6) is 0 Å². The van der Waals surface area contributed by atoms with E-state index in [1.807, 2.05) is 20.8 Å². The van der Waals surface area contributed by atoms with Gasteiger partial charge in [-0.2, -0.15) is 0 Å². The van der Waals surface area contributed by atoms with Gasteiger partial charge in [0, 0.05) is 11.8 Å². The fourth-order valence-electron chi connectivity index (χ4n) is 4.28. The summed E-state index contributed by atoms with van der Waals surface area (Å²) in [6.45, 7) is 5.91. The van der Waals surface area contributed by atoms with Gasteiger partial charge in [0.2, 0.25) is 0 Å². The van der Waals surface area contributed by atoms with Crippen LogP contribution in [0.3, 0.4) is 0 Å². The number of ether oxygens (including phenoxy) is 1. The maximum Gasteiger partial charge on any atom is 0.312 e. The molecule has 19 heavy (non-hydrogen) atoms. The lowest BCUT2D eigenvalue weighted by Gasteiger charge is -2.55. The molecule has 0 amide bonds. The third-order valence-corrected chi connectivity index (χ3v) is 5.68. The molecule has 0 radical (unpaired) electrons. The normalized spacial score (nSPS) is 40.6. The Morgan fingerprint density at radius 1 is 1.26 bits per heavy atom. The Labute approximate surface area is 115 Å². The van der Waals surface area contributed by atoms with Crippen molar-refractivity contribution in [3.8, 4) is 0 Å². The summed E-state index contributed by atoms with van der Waals surface area (Å²) < 4.78 is 5.96. The number of hydrogen-bond acceptors (Lipinski definition) is 3. The number of hydrogen-bond donors (Lipinski definition) is 0. The molecule has 3 heteroatoms. The fourth-order valence-corrected chi connectivity index (χ4v) is 4.28. The van der Waals surface area contributed by atoms with Gasteiger partial charge in [-0.25, -0.2) is 0 Å². The standard InChI is InChI=1S/C16H24O3/c1-4-15(2,3)14(18)19-16-7-10-5-11(8-16)13(17)12(6-10)9-16/h10-12H,4-9H2,1-3H3. The third-order valence-electron chi connectivity index (χ3n) is 5.68. The summed E-state index contributed by atoms with van der Waals surface area (Å²) >= 11 is 0. The van der Waals surface area contributed by atoms with Crippen molar-refractivity contribution in [2.75, 3.05) is 0 Å².